The van der Waals surface area contributed by atoms with Crippen molar-refractivity contribution in [2.45, 2.75) is 59.4 Å². The Kier molecular flexibility index (Phi) is 5.64. The number of amides is 1. The van der Waals surface area contributed by atoms with Crippen LogP contribution in [-0.4, -0.2) is 37.0 Å². The third-order valence-corrected chi connectivity index (χ3v) is 4.39. The molecule has 0 aromatic heterocycles. The standard InChI is InChI=1S/C15H30N2O/c1-12(15(2,3)4)17(5)14(18)9-8-13-7-6-10-16-11-13/h12-13,16H,6-11H2,1-5H3. The summed E-state index contributed by atoms with van der Waals surface area (Å²) >= 11 is 0. The first-order valence-corrected chi connectivity index (χ1v) is 7.28. The molecule has 1 saturated heterocycles. The minimum Gasteiger partial charge on any atom is -0.343 e. The molecular formula is C15H30N2O. The number of hydrogen-bond donors (Lipinski definition) is 1. The first kappa shape index (κ1) is 15.5. The molecule has 1 fully saturated rings. The van der Waals surface area contributed by atoms with Crippen molar-refractivity contribution in [3.63, 3.8) is 0 Å². The lowest BCUT2D eigenvalue weighted by atomic mass is 9.86. The second-order valence-electron chi connectivity index (χ2n) is 6.80. The number of carbonyl (C=O) groups is 1. The van der Waals surface area contributed by atoms with Gasteiger partial charge in [-0.3, -0.25) is 4.79 Å². The molecule has 1 N–H and O–H groups in total. The van der Waals surface area contributed by atoms with E-state index in [0.717, 1.165) is 19.5 Å². The molecular weight excluding hydrogens is 224 g/mol. The van der Waals surface area contributed by atoms with Crippen molar-refractivity contribution in [2.24, 2.45) is 11.3 Å². The van der Waals surface area contributed by atoms with Gasteiger partial charge < -0.3 is 10.2 Å². The Morgan fingerprint density at radius 1 is 1.44 bits per heavy atom. The summed E-state index contributed by atoms with van der Waals surface area (Å²) in [6, 6.07) is 0.287. The van der Waals surface area contributed by atoms with Crippen molar-refractivity contribution in [1.29, 1.82) is 0 Å². The van der Waals surface area contributed by atoms with E-state index in [1.807, 2.05) is 11.9 Å². The number of carbonyl (C=O) groups excluding carboxylic acids is 1. The predicted octanol–water partition coefficient (Wildman–Crippen LogP) is 2.66. The summed E-state index contributed by atoms with van der Waals surface area (Å²) < 4.78 is 0. The fourth-order valence-electron chi connectivity index (χ4n) is 2.47. The highest BCUT2D eigenvalue weighted by atomic mass is 16.2. The van der Waals surface area contributed by atoms with Crippen molar-refractivity contribution in [3.05, 3.63) is 0 Å². The van der Waals surface area contributed by atoms with E-state index < -0.39 is 0 Å². The zero-order valence-electron chi connectivity index (χ0n) is 12.8. The SMILES string of the molecule is CC(N(C)C(=O)CCC1CCCNC1)C(C)(C)C. The Hall–Kier alpha value is -0.570. The van der Waals surface area contributed by atoms with Crippen molar-refractivity contribution in [3.8, 4) is 0 Å². The maximum Gasteiger partial charge on any atom is 0.222 e. The summed E-state index contributed by atoms with van der Waals surface area (Å²) in [5, 5.41) is 3.41. The molecule has 1 rings (SSSR count). The van der Waals surface area contributed by atoms with Crippen molar-refractivity contribution >= 4 is 5.91 Å². The fourth-order valence-corrected chi connectivity index (χ4v) is 2.47. The lowest BCUT2D eigenvalue weighted by Gasteiger charge is -2.35. The topological polar surface area (TPSA) is 32.3 Å². The summed E-state index contributed by atoms with van der Waals surface area (Å²) in [5.41, 5.74) is 0.150. The Labute approximate surface area is 112 Å². The van der Waals surface area contributed by atoms with Crippen LogP contribution in [0.4, 0.5) is 0 Å². The van der Waals surface area contributed by atoms with Gasteiger partial charge in [0, 0.05) is 19.5 Å². The lowest BCUT2D eigenvalue weighted by Crippen LogP contribution is -2.43. The van der Waals surface area contributed by atoms with Gasteiger partial charge in [-0.1, -0.05) is 20.8 Å². The molecule has 0 spiro atoms. The fraction of sp³-hybridized carbons (Fsp3) is 0.933. The van der Waals surface area contributed by atoms with Crippen LogP contribution in [0.25, 0.3) is 0 Å². The highest BCUT2D eigenvalue weighted by Gasteiger charge is 2.27. The number of nitrogens with one attached hydrogen (secondary N) is 1. The molecule has 1 aliphatic heterocycles. The average molecular weight is 254 g/mol. The van der Waals surface area contributed by atoms with E-state index >= 15 is 0 Å². The number of piperidine rings is 1. The predicted molar refractivity (Wildman–Crippen MR) is 76.5 cm³/mol. The van der Waals surface area contributed by atoms with E-state index in [0.29, 0.717) is 18.2 Å². The first-order valence-electron chi connectivity index (χ1n) is 7.28. The molecule has 1 aliphatic rings. The van der Waals surface area contributed by atoms with Crippen LogP contribution in [0.1, 0.15) is 53.4 Å². The second kappa shape index (κ2) is 6.55. The maximum absolute atomic E-state index is 12.2. The molecule has 0 bridgehead atoms. The average Bonchev–Trinajstić information content (AvgIpc) is 2.34. The second-order valence-corrected chi connectivity index (χ2v) is 6.80. The van der Waals surface area contributed by atoms with E-state index in [2.05, 4.69) is 33.0 Å². The van der Waals surface area contributed by atoms with E-state index in [1.54, 1.807) is 0 Å². The van der Waals surface area contributed by atoms with Crippen LogP contribution in [-0.2, 0) is 4.79 Å². The van der Waals surface area contributed by atoms with Gasteiger partial charge in [-0.05, 0) is 50.6 Å². The van der Waals surface area contributed by atoms with Crippen molar-refractivity contribution in [2.75, 3.05) is 20.1 Å². The molecule has 0 aromatic rings. The van der Waals surface area contributed by atoms with Crippen LogP contribution in [0, 0.1) is 11.3 Å². The van der Waals surface area contributed by atoms with Gasteiger partial charge in [0.05, 0.1) is 0 Å². The van der Waals surface area contributed by atoms with Gasteiger partial charge in [-0.15, -0.1) is 0 Å². The third kappa shape index (κ3) is 4.60. The summed E-state index contributed by atoms with van der Waals surface area (Å²) in [7, 11) is 1.94. The number of hydrogen-bond acceptors (Lipinski definition) is 2. The number of nitrogens with zero attached hydrogens (tertiary/aromatic N) is 1. The summed E-state index contributed by atoms with van der Waals surface area (Å²) in [4.78, 5) is 14.1. The van der Waals surface area contributed by atoms with Gasteiger partial charge in [0.1, 0.15) is 0 Å². The maximum atomic E-state index is 12.2. The molecule has 0 aromatic carbocycles. The zero-order chi connectivity index (χ0) is 13.8. The largest absolute Gasteiger partial charge is 0.343 e. The Morgan fingerprint density at radius 2 is 2.11 bits per heavy atom. The van der Waals surface area contributed by atoms with Gasteiger partial charge >= 0.3 is 0 Å². The van der Waals surface area contributed by atoms with E-state index in [4.69, 9.17) is 0 Å². The molecule has 0 saturated carbocycles. The molecule has 2 atom stereocenters. The summed E-state index contributed by atoms with van der Waals surface area (Å²) in [5.74, 6) is 0.990. The van der Waals surface area contributed by atoms with E-state index in [1.165, 1.54) is 12.8 Å². The first-order chi connectivity index (χ1) is 8.32. The lowest BCUT2D eigenvalue weighted by molar-refractivity contribution is -0.134. The summed E-state index contributed by atoms with van der Waals surface area (Å²) in [6.07, 6.45) is 4.27. The Balaban J connectivity index is 2.35. The normalized spacial score (nSPS) is 22.6. The zero-order valence-corrected chi connectivity index (χ0v) is 12.8. The molecule has 1 amide bonds. The van der Waals surface area contributed by atoms with Crippen LogP contribution in [0.2, 0.25) is 0 Å². The smallest absolute Gasteiger partial charge is 0.222 e. The van der Waals surface area contributed by atoms with Gasteiger partial charge in [0.25, 0.3) is 0 Å². The van der Waals surface area contributed by atoms with Crippen LogP contribution < -0.4 is 5.32 Å². The molecule has 2 unspecified atom stereocenters. The highest BCUT2D eigenvalue weighted by molar-refractivity contribution is 5.76. The molecule has 0 aliphatic carbocycles. The molecule has 18 heavy (non-hydrogen) atoms. The van der Waals surface area contributed by atoms with Crippen LogP contribution in [0.15, 0.2) is 0 Å². The monoisotopic (exact) mass is 254 g/mol. The Morgan fingerprint density at radius 3 is 2.61 bits per heavy atom. The highest BCUT2D eigenvalue weighted by Crippen LogP contribution is 2.24. The van der Waals surface area contributed by atoms with Crippen LogP contribution >= 0.6 is 0 Å². The summed E-state index contributed by atoms with van der Waals surface area (Å²) in [6.45, 7) is 10.9. The molecule has 3 heteroatoms. The van der Waals surface area contributed by atoms with Gasteiger partial charge in [0.15, 0.2) is 0 Å². The van der Waals surface area contributed by atoms with Gasteiger partial charge in [-0.2, -0.15) is 0 Å². The van der Waals surface area contributed by atoms with Gasteiger partial charge in [-0.25, -0.2) is 0 Å². The molecule has 3 nitrogen and oxygen atoms in total. The van der Waals surface area contributed by atoms with Gasteiger partial charge in [0.2, 0.25) is 5.91 Å². The van der Waals surface area contributed by atoms with Crippen LogP contribution in [0.5, 0.6) is 0 Å². The molecule has 1 heterocycles. The van der Waals surface area contributed by atoms with E-state index in [-0.39, 0.29) is 11.5 Å². The molecule has 0 radical (unpaired) electrons. The minimum atomic E-state index is 0.150. The quantitative estimate of drug-likeness (QED) is 0.836. The van der Waals surface area contributed by atoms with Crippen molar-refractivity contribution < 1.29 is 4.79 Å². The van der Waals surface area contributed by atoms with Crippen LogP contribution in [0.3, 0.4) is 0 Å². The minimum absolute atomic E-state index is 0.150. The van der Waals surface area contributed by atoms with E-state index in [9.17, 15) is 4.79 Å². The Bertz CT molecular complexity index is 264. The number of rotatable bonds is 4. The third-order valence-electron chi connectivity index (χ3n) is 4.39. The van der Waals surface area contributed by atoms with Crippen molar-refractivity contribution in [1.82, 2.24) is 10.2 Å². The molecule has 106 valence electrons.